The molecule has 1 aliphatic carbocycles. The average molecular weight is 401 g/mol. The summed E-state index contributed by atoms with van der Waals surface area (Å²) >= 11 is 0. The number of amides is 1. The first kappa shape index (κ1) is 21.7. The number of benzene rings is 1. The van der Waals surface area contributed by atoms with Gasteiger partial charge in [-0.05, 0) is 25.0 Å². The van der Waals surface area contributed by atoms with Gasteiger partial charge in [0.2, 0.25) is 5.91 Å². The number of para-hydroxylation sites is 2. The van der Waals surface area contributed by atoms with Crippen molar-refractivity contribution in [1.29, 1.82) is 0 Å². The summed E-state index contributed by atoms with van der Waals surface area (Å²) in [5.41, 5.74) is 3.01. The predicted octanol–water partition coefficient (Wildman–Crippen LogP) is 1.88. The Bertz CT molecular complexity index is 903. The smallest absolute Gasteiger partial charge is 0.328 e. The molecule has 29 heavy (non-hydrogen) atoms. The molecular formula is C20H23N3O6. The number of nitrogens with zero attached hydrogens (tertiary/aromatic N) is 2. The summed E-state index contributed by atoms with van der Waals surface area (Å²) in [6.45, 7) is 0. The van der Waals surface area contributed by atoms with Crippen LogP contribution in [0, 0.1) is 5.92 Å². The zero-order valence-electron chi connectivity index (χ0n) is 16.2. The molecule has 1 heterocycles. The molecule has 1 aliphatic rings. The summed E-state index contributed by atoms with van der Waals surface area (Å²) in [5.74, 6) is -1.80. The third kappa shape index (κ3) is 6.20. The number of aliphatic carboxylic acids is 2. The van der Waals surface area contributed by atoms with Gasteiger partial charge in [0.15, 0.2) is 0 Å². The van der Waals surface area contributed by atoms with Crippen LogP contribution in [0.15, 0.2) is 42.7 Å². The number of carboxylic acids is 2. The molecule has 0 aliphatic heterocycles. The van der Waals surface area contributed by atoms with E-state index in [1.165, 1.54) is 5.69 Å². The van der Waals surface area contributed by atoms with Crippen LogP contribution in [-0.2, 0) is 34.3 Å². The van der Waals surface area contributed by atoms with Crippen LogP contribution in [-0.4, -0.2) is 44.7 Å². The van der Waals surface area contributed by atoms with E-state index in [-0.39, 0.29) is 11.8 Å². The molecule has 3 N–H and O–H groups in total. The molecule has 0 saturated heterocycles. The van der Waals surface area contributed by atoms with Gasteiger partial charge in [-0.2, -0.15) is 0 Å². The SMILES string of the molecule is COc1ccccc1NC(=O)C1CCc2ncn(C)c2C1.O=C(O)C=CC(=O)O. The largest absolute Gasteiger partial charge is 0.495 e. The molecular weight excluding hydrogens is 378 g/mol. The molecule has 0 saturated carbocycles. The van der Waals surface area contributed by atoms with Crippen LogP contribution < -0.4 is 10.1 Å². The zero-order valence-corrected chi connectivity index (χ0v) is 16.2. The number of anilines is 1. The van der Waals surface area contributed by atoms with Crippen LogP contribution in [0.25, 0.3) is 0 Å². The number of carbonyl (C=O) groups excluding carboxylic acids is 1. The topological polar surface area (TPSA) is 131 Å². The van der Waals surface area contributed by atoms with E-state index in [1.807, 2.05) is 42.2 Å². The van der Waals surface area contributed by atoms with Crippen molar-refractivity contribution in [2.75, 3.05) is 12.4 Å². The first-order chi connectivity index (χ1) is 13.8. The van der Waals surface area contributed by atoms with Crippen molar-refractivity contribution < 1.29 is 29.3 Å². The Morgan fingerprint density at radius 3 is 2.48 bits per heavy atom. The van der Waals surface area contributed by atoms with Gasteiger partial charge in [0.05, 0.1) is 24.8 Å². The highest BCUT2D eigenvalue weighted by Crippen LogP contribution is 2.28. The van der Waals surface area contributed by atoms with Gasteiger partial charge in [-0.15, -0.1) is 0 Å². The van der Waals surface area contributed by atoms with Gasteiger partial charge in [0.25, 0.3) is 0 Å². The summed E-state index contributed by atoms with van der Waals surface area (Å²) in [4.78, 5) is 36.0. The molecule has 0 spiro atoms. The lowest BCUT2D eigenvalue weighted by Crippen LogP contribution is -2.29. The van der Waals surface area contributed by atoms with Gasteiger partial charge >= 0.3 is 11.9 Å². The van der Waals surface area contributed by atoms with Crippen molar-refractivity contribution in [1.82, 2.24) is 9.55 Å². The van der Waals surface area contributed by atoms with Gasteiger partial charge in [0, 0.05) is 37.2 Å². The number of nitrogens with one attached hydrogen (secondary N) is 1. The molecule has 1 atom stereocenters. The fourth-order valence-corrected chi connectivity index (χ4v) is 2.97. The van der Waals surface area contributed by atoms with Gasteiger partial charge < -0.3 is 24.8 Å². The third-order valence-corrected chi connectivity index (χ3v) is 4.42. The first-order valence-corrected chi connectivity index (χ1v) is 8.88. The van der Waals surface area contributed by atoms with Crippen LogP contribution in [0.3, 0.4) is 0 Å². The van der Waals surface area contributed by atoms with E-state index in [1.54, 1.807) is 7.11 Å². The highest BCUT2D eigenvalue weighted by Gasteiger charge is 2.27. The average Bonchev–Trinajstić information content (AvgIpc) is 3.07. The zero-order chi connectivity index (χ0) is 21.4. The first-order valence-electron chi connectivity index (χ1n) is 8.88. The number of aromatic nitrogens is 2. The Morgan fingerprint density at radius 2 is 1.86 bits per heavy atom. The number of aryl methyl sites for hydroxylation is 2. The minimum Gasteiger partial charge on any atom is -0.495 e. The Morgan fingerprint density at radius 1 is 1.21 bits per heavy atom. The fraction of sp³-hybridized carbons (Fsp3) is 0.300. The number of rotatable bonds is 5. The fourth-order valence-electron chi connectivity index (χ4n) is 2.97. The Hall–Kier alpha value is -3.62. The number of ether oxygens (including phenoxy) is 1. The number of hydrogen-bond acceptors (Lipinski definition) is 5. The molecule has 1 aromatic carbocycles. The van der Waals surface area contributed by atoms with E-state index in [0.29, 0.717) is 17.9 Å². The number of fused-ring (bicyclic) bond motifs is 1. The van der Waals surface area contributed by atoms with Crippen molar-refractivity contribution in [3.05, 3.63) is 54.1 Å². The van der Waals surface area contributed by atoms with Crippen LogP contribution in [0.2, 0.25) is 0 Å². The molecule has 1 unspecified atom stereocenters. The van der Waals surface area contributed by atoms with Crippen LogP contribution in [0.1, 0.15) is 17.8 Å². The molecule has 2 aromatic rings. The van der Waals surface area contributed by atoms with Crippen molar-refractivity contribution in [3.8, 4) is 5.75 Å². The minimum absolute atomic E-state index is 0.0159. The lowest BCUT2D eigenvalue weighted by atomic mass is 9.89. The van der Waals surface area contributed by atoms with Crippen LogP contribution in [0.4, 0.5) is 5.69 Å². The van der Waals surface area contributed by atoms with Crippen LogP contribution >= 0.6 is 0 Å². The van der Waals surface area contributed by atoms with Gasteiger partial charge in [-0.25, -0.2) is 14.6 Å². The van der Waals surface area contributed by atoms with Crippen molar-refractivity contribution in [2.45, 2.75) is 19.3 Å². The molecule has 3 rings (SSSR count). The number of imidazole rings is 1. The van der Waals surface area contributed by atoms with E-state index in [0.717, 1.165) is 30.6 Å². The maximum Gasteiger partial charge on any atom is 0.328 e. The van der Waals surface area contributed by atoms with Gasteiger partial charge in [-0.1, -0.05) is 12.1 Å². The van der Waals surface area contributed by atoms with Gasteiger partial charge in [0.1, 0.15) is 5.75 Å². The van der Waals surface area contributed by atoms with E-state index in [4.69, 9.17) is 14.9 Å². The van der Waals surface area contributed by atoms with Crippen molar-refractivity contribution in [3.63, 3.8) is 0 Å². The van der Waals surface area contributed by atoms with Gasteiger partial charge in [-0.3, -0.25) is 4.79 Å². The lowest BCUT2D eigenvalue weighted by Gasteiger charge is -2.22. The van der Waals surface area contributed by atoms with E-state index in [2.05, 4.69) is 10.3 Å². The predicted molar refractivity (Wildman–Crippen MR) is 105 cm³/mol. The summed E-state index contributed by atoms with van der Waals surface area (Å²) in [7, 11) is 3.58. The second-order valence-corrected chi connectivity index (χ2v) is 6.39. The third-order valence-electron chi connectivity index (χ3n) is 4.42. The molecule has 0 radical (unpaired) electrons. The minimum atomic E-state index is -1.26. The number of carbonyl (C=O) groups is 3. The Labute approximate surface area is 167 Å². The standard InChI is InChI=1S/C16H19N3O2.C4H4O4/c1-19-10-17-12-8-7-11(9-14(12)19)16(20)18-13-5-3-4-6-15(13)21-2;5-3(6)1-2-4(7)8/h3-6,10-11H,7-9H2,1-2H3,(H,18,20);1-2H,(H,5,6)(H,7,8). The van der Waals surface area contributed by atoms with Crippen molar-refractivity contribution >= 4 is 23.5 Å². The van der Waals surface area contributed by atoms with E-state index in [9.17, 15) is 14.4 Å². The molecule has 154 valence electrons. The van der Waals surface area contributed by atoms with E-state index >= 15 is 0 Å². The lowest BCUT2D eigenvalue weighted by molar-refractivity contribution is -0.134. The second-order valence-electron chi connectivity index (χ2n) is 6.39. The van der Waals surface area contributed by atoms with E-state index < -0.39 is 11.9 Å². The highest BCUT2D eigenvalue weighted by atomic mass is 16.5. The quantitative estimate of drug-likeness (QED) is 0.652. The Kier molecular flexibility index (Phi) is 7.53. The van der Waals surface area contributed by atoms with Crippen LogP contribution in [0.5, 0.6) is 5.75 Å². The molecule has 1 amide bonds. The molecule has 9 heteroatoms. The monoisotopic (exact) mass is 401 g/mol. The number of hydrogen-bond donors (Lipinski definition) is 3. The summed E-state index contributed by atoms with van der Waals surface area (Å²) in [6, 6.07) is 7.47. The summed E-state index contributed by atoms with van der Waals surface area (Å²) in [5, 5.41) is 18.6. The number of carboxylic acid groups (broad SMARTS) is 2. The molecule has 0 fully saturated rings. The molecule has 9 nitrogen and oxygen atoms in total. The number of methoxy groups -OCH3 is 1. The maximum absolute atomic E-state index is 12.5. The van der Waals surface area contributed by atoms with Crippen molar-refractivity contribution in [2.24, 2.45) is 13.0 Å². The summed E-state index contributed by atoms with van der Waals surface area (Å²) in [6.07, 6.45) is 5.38. The normalized spacial score (nSPS) is 15.0. The Balaban J connectivity index is 0.000000321. The summed E-state index contributed by atoms with van der Waals surface area (Å²) < 4.78 is 7.28. The molecule has 1 aromatic heterocycles. The maximum atomic E-state index is 12.5. The molecule has 0 bridgehead atoms. The highest BCUT2D eigenvalue weighted by molar-refractivity contribution is 5.94. The second kappa shape index (κ2) is 10.1.